The Balaban J connectivity index is 1.46. The zero-order valence-corrected chi connectivity index (χ0v) is 18.4. The summed E-state index contributed by atoms with van der Waals surface area (Å²) in [6.07, 6.45) is 9.46. The molecule has 31 heavy (non-hydrogen) atoms. The third-order valence-electron chi connectivity index (χ3n) is 7.03. The quantitative estimate of drug-likeness (QED) is 0.651. The van der Waals surface area contributed by atoms with E-state index >= 15 is 0 Å². The van der Waals surface area contributed by atoms with Gasteiger partial charge in [0.1, 0.15) is 11.9 Å². The maximum absolute atomic E-state index is 13.2. The van der Waals surface area contributed by atoms with Gasteiger partial charge in [-0.05, 0) is 60.3 Å². The second-order valence-corrected chi connectivity index (χ2v) is 9.55. The van der Waals surface area contributed by atoms with Crippen molar-refractivity contribution in [2.75, 3.05) is 0 Å². The van der Waals surface area contributed by atoms with Crippen molar-refractivity contribution in [1.82, 2.24) is 0 Å². The smallest absolute Gasteiger partial charge is 0.308 e. The van der Waals surface area contributed by atoms with E-state index in [0.29, 0.717) is 36.7 Å². The molecule has 0 bridgehead atoms. The Labute approximate surface area is 184 Å². The lowest BCUT2D eigenvalue weighted by molar-refractivity contribution is -0.160. The van der Waals surface area contributed by atoms with Crippen molar-refractivity contribution in [2.24, 2.45) is 23.7 Å². The topological polar surface area (TPSA) is 55.8 Å². The fourth-order valence-electron chi connectivity index (χ4n) is 5.47. The number of rotatable bonds is 6. The summed E-state index contributed by atoms with van der Waals surface area (Å²) >= 11 is 0. The predicted octanol–water partition coefficient (Wildman–Crippen LogP) is 4.96. The molecule has 2 aliphatic carbocycles. The summed E-state index contributed by atoms with van der Waals surface area (Å²) in [5.74, 6) is 0.989. The highest BCUT2D eigenvalue weighted by Crippen LogP contribution is 2.45. The molecule has 1 saturated heterocycles. The van der Waals surface area contributed by atoms with Crippen LogP contribution in [0.3, 0.4) is 0 Å². The van der Waals surface area contributed by atoms with Crippen LogP contribution in [0.25, 0.3) is 0 Å². The van der Waals surface area contributed by atoms with E-state index in [1.807, 2.05) is 0 Å². The van der Waals surface area contributed by atoms with E-state index in [9.17, 15) is 14.3 Å². The average Bonchev–Trinajstić information content (AvgIpc) is 2.72. The number of halogens is 1. The molecule has 1 fully saturated rings. The van der Waals surface area contributed by atoms with Crippen LogP contribution in [-0.2, 0) is 20.9 Å². The Bertz CT molecular complexity index is 830. The number of carbonyl (C=O) groups is 1. The molecule has 1 aliphatic heterocycles. The fraction of sp³-hybridized carbons (Fsp3) is 0.577. The number of aliphatic hydroxyl groups excluding tert-OH is 1. The Morgan fingerprint density at radius 2 is 1.94 bits per heavy atom. The highest BCUT2D eigenvalue weighted by molar-refractivity contribution is 5.70. The van der Waals surface area contributed by atoms with Crippen LogP contribution in [0.4, 0.5) is 4.39 Å². The first-order chi connectivity index (χ1) is 14.9. The van der Waals surface area contributed by atoms with E-state index in [-0.39, 0.29) is 30.4 Å². The molecule has 1 N–H and O–H groups in total. The van der Waals surface area contributed by atoms with Crippen LogP contribution in [-0.4, -0.2) is 29.4 Å². The van der Waals surface area contributed by atoms with Crippen LogP contribution < -0.4 is 0 Å². The lowest BCUT2D eigenvalue weighted by atomic mass is 9.65. The highest BCUT2D eigenvalue weighted by Gasteiger charge is 2.40. The number of hydrogen-bond acceptors (Lipinski definition) is 4. The molecule has 0 amide bonds. The SMILES string of the molecule is C[C@H]1C=C2C=C[C@H](C)[C@H](CC[C@@H]3C[C@@H](O)CC(=O)O3)[C@H]2[C@@H](OCc2ccc(F)cc2)C1. The molecule has 4 nitrogen and oxygen atoms in total. The van der Waals surface area contributed by atoms with Crippen molar-refractivity contribution in [3.63, 3.8) is 0 Å². The van der Waals surface area contributed by atoms with Gasteiger partial charge in [0.05, 0.1) is 25.2 Å². The molecule has 1 aromatic rings. The molecular formula is C26H33FO4. The van der Waals surface area contributed by atoms with Crippen LogP contribution in [0.2, 0.25) is 0 Å². The van der Waals surface area contributed by atoms with Gasteiger partial charge < -0.3 is 14.6 Å². The van der Waals surface area contributed by atoms with Crippen LogP contribution in [0.15, 0.2) is 48.1 Å². The van der Waals surface area contributed by atoms with Gasteiger partial charge in [0, 0.05) is 12.3 Å². The maximum Gasteiger partial charge on any atom is 0.308 e. The number of carbonyl (C=O) groups excluding carboxylic acids is 1. The minimum Gasteiger partial charge on any atom is -0.462 e. The summed E-state index contributed by atoms with van der Waals surface area (Å²) in [6.45, 7) is 4.94. The first-order valence-corrected chi connectivity index (χ1v) is 11.5. The number of hydrogen-bond donors (Lipinski definition) is 1. The van der Waals surface area contributed by atoms with Crippen molar-refractivity contribution in [1.29, 1.82) is 0 Å². The van der Waals surface area contributed by atoms with E-state index in [1.165, 1.54) is 17.7 Å². The van der Waals surface area contributed by atoms with E-state index in [2.05, 4.69) is 32.1 Å². The number of benzene rings is 1. The summed E-state index contributed by atoms with van der Waals surface area (Å²) in [5.41, 5.74) is 2.32. The molecule has 0 radical (unpaired) electrons. The van der Waals surface area contributed by atoms with Gasteiger partial charge in [0.25, 0.3) is 0 Å². The molecule has 4 rings (SSSR count). The third kappa shape index (κ3) is 5.45. The van der Waals surface area contributed by atoms with Gasteiger partial charge in [0.15, 0.2) is 0 Å². The van der Waals surface area contributed by atoms with Crippen LogP contribution in [0.5, 0.6) is 0 Å². The summed E-state index contributed by atoms with van der Waals surface area (Å²) in [6, 6.07) is 6.51. The van der Waals surface area contributed by atoms with Crippen molar-refractivity contribution in [2.45, 2.75) is 70.9 Å². The predicted molar refractivity (Wildman–Crippen MR) is 116 cm³/mol. The molecule has 0 unspecified atom stereocenters. The molecule has 1 heterocycles. The summed E-state index contributed by atoms with van der Waals surface area (Å²) in [5, 5.41) is 9.93. The van der Waals surface area contributed by atoms with Gasteiger partial charge in [0.2, 0.25) is 0 Å². The Morgan fingerprint density at radius 1 is 1.16 bits per heavy atom. The Hall–Kier alpha value is -1.98. The van der Waals surface area contributed by atoms with Crippen LogP contribution >= 0.6 is 0 Å². The van der Waals surface area contributed by atoms with E-state index < -0.39 is 6.10 Å². The zero-order chi connectivity index (χ0) is 22.0. The summed E-state index contributed by atoms with van der Waals surface area (Å²) in [7, 11) is 0. The molecule has 0 spiro atoms. The van der Waals surface area contributed by atoms with Crippen LogP contribution in [0, 0.1) is 29.5 Å². The number of fused-ring (bicyclic) bond motifs is 1. The number of aliphatic hydroxyl groups is 1. The second kappa shape index (κ2) is 9.66. The van der Waals surface area contributed by atoms with E-state index in [1.54, 1.807) is 12.1 Å². The monoisotopic (exact) mass is 428 g/mol. The standard InChI is InChI=1S/C26H33FO4/c1-16-11-19-6-3-17(2)23(10-9-22-13-21(28)14-25(29)31-22)26(19)24(12-16)30-15-18-4-7-20(27)8-5-18/h3-8,11,16-17,21-24,26,28H,9-10,12-15H2,1-2H3/t16-,17-,21+,22+,23-,24-,26-/m0/s1. The lowest BCUT2D eigenvalue weighted by Gasteiger charge is -2.43. The minimum atomic E-state index is -0.590. The molecule has 1 aromatic carbocycles. The van der Waals surface area contributed by atoms with Crippen molar-refractivity contribution in [3.8, 4) is 0 Å². The number of esters is 1. The largest absolute Gasteiger partial charge is 0.462 e. The molecule has 5 heteroatoms. The molecule has 3 aliphatic rings. The Morgan fingerprint density at radius 3 is 2.68 bits per heavy atom. The fourth-order valence-corrected chi connectivity index (χ4v) is 5.47. The van der Waals surface area contributed by atoms with E-state index in [4.69, 9.17) is 9.47 Å². The van der Waals surface area contributed by atoms with Gasteiger partial charge in [-0.3, -0.25) is 4.79 Å². The molecule has 0 aromatic heterocycles. The summed E-state index contributed by atoms with van der Waals surface area (Å²) < 4.78 is 25.1. The van der Waals surface area contributed by atoms with Crippen molar-refractivity contribution >= 4 is 5.97 Å². The normalized spacial score (nSPS) is 35.3. The number of cyclic esters (lactones) is 1. The number of ether oxygens (including phenoxy) is 2. The molecule has 168 valence electrons. The first-order valence-electron chi connectivity index (χ1n) is 11.5. The highest BCUT2D eigenvalue weighted by atomic mass is 19.1. The minimum absolute atomic E-state index is 0.0944. The van der Waals surface area contributed by atoms with Crippen LogP contribution in [0.1, 0.15) is 51.5 Å². The number of allylic oxidation sites excluding steroid dienone is 3. The Kier molecular flexibility index (Phi) is 6.92. The molecule has 7 atom stereocenters. The third-order valence-corrected chi connectivity index (χ3v) is 7.03. The average molecular weight is 429 g/mol. The van der Waals surface area contributed by atoms with Gasteiger partial charge in [-0.1, -0.05) is 44.2 Å². The molecular weight excluding hydrogens is 395 g/mol. The van der Waals surface area contributed by atoms with Crippen molar-refractivity contribution in [3.05, 3.63) is 59.4 Å². The second-order valence-electron chi connectivity index (χ2n) is 9.55. The zero-order valence-electron chi connectivity index (χ0n) is 18.4. The van der Waals surface area contributed by atoms with Gasteiger partial charge in [-0.25, -0.2) is 4.39 Å². The van der Waals surface area contributed by atoms with Gasteiger partial charge >= 0.3 is 5.97 Å². The van der Waals surface area contributed by atoms with E-state index in [0.717, 1.165) is 24.8 Å². The summed E-state index contributed by atoms with van der Waals surface area (Å²) in [4.78, 5) is 11.7. The lowest BCUT2D eigenvalue weighted by Crippen LogP contribution is -2.40. The molecule has 0 saturated carbocycles. The maximum atomic E-state index is 13.2. The first kappa shape index (κ1) is 22.2. The van der Waals surface area contributed by atoms with Gasteiger partial charge in [-0.2, -0.15) is 0 Å². The van der Waals surface area contributed by atoms with Crippen molar-refractivity contribution < 1.29 is 23.8 Å². The van der Waals surface area contributed by atoms with Gasteiger partial charge in [-0.15, -0.1) is 0 Å².